The van der Waals surface area contributed by atoms with E-state index in [4.69, 9.17) is 0 Å². The first-order valence-corrected chi connectivity index (χ1v) is 5.04. The highest BCUT2D eigenvalue weighted by molar-refractivity contribution is 8.38. The molecule has 0 radical (unpaired) electrons. The molecule has 0 heterocycles. The first-order valence-electron chi connectivity index (χ1n) is 3.07. The second-order valence-electron chi connectivity index (χ2n) is 1.36. The first kappa shape index (κ1) is 9.37. The molecule has 0 aliphatic rings. The second-order valence-corrected chi connectivity index (χ2v) is 4.12. The maximum absolute atomic E-state index is 4.11. The van der Waals surface area contributed by atoms with E-state index in [1.807, 2.05) is 30.6 Å². The summed E-state index contributed by atoms with van der Waals surface area (Å²) in [5.41, 5.74) is 0. The maximum Gasteiger partial charge on any atom is 0.124 e. The molecule has 0 spiro atoms. The summed E-state index contributed by atoms with van der Waals surface area (Å²) in [4.78, 5) is 4.11. The molecule has 0 saturated heterocycles. The molecular formula is C6H13NS2. The van der Waals surface area contributed by atoms with Crippen molar-refractivity contribution in [1.82, 2.24) is 0 Å². The molecule has 1 nitrogen and oxygen atoms in total. The lowest BCUT2D eigenvalue weighted by Crippen LogP contribution is -1.85. The lowest BCUT2D eigenvalue weighted by atomic mass is 11.0. The molecule has 54 valence electrons. The normalized spacial score (nSPS) is 9.22. The molecule has 0 amide bonds. The van der Waals surface area contributed by atoms with Gasteiger partial charge in [-0.3, -0.25) is 4.99 Å². The largest absolute Gasteiger partial charge is 0.275 e. The van der Waals surface area contributed by atoms with Gasteiger partial charge in [-0.1, -0.05) is 13.8 Å². The van der Waals surface area contributed by atoms with Gasteiger partial charge < -0.3 is 0 Å². The van der Waals surface area contributed by atoms with E-state index in [0.717, 1.165) is 11.5 Å². The Morgan fingerprint density at radius 1 is 1.22 bits per heavy atom. The van der Waals surface area contributed by atoms with Crippen LogP contribution in [-0.2, 0) is 0 Å². The number of hydrogen-bond donors (Lipinski definition) is 0. The van der Waals surface area contributed by atoms with E-state index in [0.29, 0.717) is 0 Å². The molecule has 0 aromatic heterocycles. The van der Waals surface area contributed by atoms with Gasteiger partial charge in [0.15, 0.2) is 0 Å². The molecule has 0 aliphatic carbocycles. The molecule has 0 N–H and O–H groups in total. The smallest absolute Gasteiger partial charge is 0.124 e. The van der Waals surface area contributed by atoms with Crippen molar-refractivity contribution in [3.05, 3.63) is 0 Å². The Morgan fingerprint density at radius 2 is 1.67 bits per heavy atom. The zero-order valence-corrected chi connectivity index (χ0v) is 7.81. The number of thioether (sulfide) groups is 2. The van der Waals surface area contributed by atoms with Crippen molar-refractivity contribution in [2.45, 2.75) is 13.8 Å². The van der Waals surface area contributed by atoms with E-state index in [2.05, 4.69) is 18.8 Å². The zero-order chi connectivity index (χ0) is 7.11. The van der Waals surface area contributed by atoms with E-state index in [1.54, 1.807) is 0 Å². The van der Waals surface area contributed by atoms with E-state index in [-0.39, 0.29) is 0 Å². The Hall–Kier alpha value is 0.370. The third kappa shape index (κ3) is 4.85. The van der Waals surface area contributed by atoms with E-state index < -0.39 is 0 Å². The van der Waals surface area contributed by atoms with Crippen LogP contribution in [0.2, 0.25) is 0 Å². The van der Waals surface area contributed by atoms with Crippen molar-refractivity contribution in [3.8, 4) is 0 Å². The van der Waals surface area contributed by atoms with E-state index in [9.17, 15) is 0 Å². The van der Waals surface area contributed by atoms with Gasteiger partial charge in [-0.05, 0) is 11.5 Å². The third-order valence-electron chi connectivity index (χ3n) is 0.718. The van der Waals surface area contributed by atoms with E-state index >= 15 is 0 Å². The maximum atomic E-state index is 4.11. The third-order valence-corrected chi connectivity index (χ3v) is 2.86. The molecule has 0 rings (SSSR count). The summed E-state index contributed by atoms with van der Waals surface area (Å²) < 4.78 is 1.21. The van der Waals surface area contributed by atoms with Gasteiger partial charge in [-0.25, -0.2) is 0 Å². The lowest BCUT2D eigenvalue weighted by Gasteiger charge is -1.98. The number of nitrogens with zero attached hydrogens (tertiary/aromatic N) is 1. The number of hydrogen-bond acceptors (Lipinski definition) is 3. The van der Waals surface area contributed by atoms with Gasteiger partial charge in [0.05, 0.1) is 0 Å². The van der Waals surface area contributed by atoms with Gasteiger partial charge in [0.1, 0.15) is 4.38 Å². The minimum absolute atomic E-state index is 1.12. The molecule has 3 heteroatoms. The molecule has 0 aromatic rings. The SMILES string of the molecule is CCSC(=NC)SCC. The predicted molar refractivity (Wildman–Crippen MR) is 49.6 cm³/mol. The van der Waals surface area contributed by atoms with Crippen molar-refractivity contribution in [2.24, 2.45) is 4.99 Å². The van der Waals surface area contributed by atoms with Crippen molar-refractivity contribution in [3.63, 3.8) is 0 Å². The summed E-state index contributed by atoms with van der Waals surface area (Å²) in [6.07, 6.45) is 0. The lowest BCUT2D eigenvalue weighted by molar-refractivity contribution is 1.47. The Bertz CT molecular complexity index is 83.1. The van der Waals surface area contributed by atoms with Crippen molar-refractivity contribution < 1.29 is 0 Å². The molecule has 9 heavy (non-hydrogen) atoms. The summed E-state index contributed by atoms with van der Waals surface area (Å²) >= 11 is 3.63. The van der Waals surface area contributed by atoms with Crippen LogP contribution in [0.25, 0.3) is 0 Å². The Balaban J connectivity index is 3.43. The second kappa shape index (κ2) is 6.49. The molecule has 0 bridgehead atoms. The fraction of sp³-hybridized carbons (Fsp3) is 0.833. The average molecular weight is 163 g/mol. The molecular weight excluding hydrogens is 150 g/mol. The zero-order valence-electron chi connectivity index (χ0n) is 6.18. The van der Waals surface area contributed by atoms with Crippen molar-refractivity contribution in [1.29, 1.82) is 0 Å². The van der Waals surface area contributed by atoms with Crippen LogP contribution < -0.4 is 0 Å². The topological polar surface area (TPSA) is 12.4 Å². The summed E-state index contributed by atoms with van der Waals surface area (Å²) in [5, 5.41) is 0. The van der Waals surface area contributed by atoms with Crippen LogP contribution in [0.3, 0.4) is 0 Å². The quantitative estimate of drug-likeness (QED) is 0.458. The highest BCUT2D eigenvalue weighted by atomic mass is 32.2. The van der Waals surface area contributed by atoms with Gasteiger partial charge in [-0.2, -0.15) is 0 Å². The highest BCUT2D eigenvalue weighted by Gasteiger charge is 1.93. The van der Waals surface area contributed by atoms with Gasteiger partial charge in [0.25, 0.3) is 0 Å². The molecule has 0 saturated carbocycles. The summed E-state index contributed by atoms with van der Waals surface area (Å²) in [7, 11) is 1.85. The van der Waals surface area contributed by atoms with Crippen LogP contribution in [0, 0.1) is 0 Å². The monoisotopic (exact) mass is 163 g/mol. The van der Waals surface area contributed by atoms with Gasteiger partial charge in [-0.15, -0.1) is 23.5 Å². The predicted octanol–water partition coefficient (Wildman–Crippen LogP) is 2.48. The Morgan fingerprint density at radius 3 is 1.89 bits per heavy atom. The average Bonchev–Trinajstić information content (AvgIpc) is 1.88. The minimum Gasteiger partial charge on any atom is -0.275 e. The summed E-state index contributed by atoms with van der Waals surface area (Å²) in [6, 6.07) is 0. The fourth-order valence-corrected chi connectivity index (χ4v) is 2.21. The van der Waals surface area contributed by atoms with Gasteiger partial charge >= 0.3 is 0 Å². The van der Waals surface area contributed by atoms with Crippen molar-refractivity contribution in [2.75, 3.05) is 18.6 Å². The van der Waals surface area contributed by atoms with Crippen LogP contribution in [0.1, 0.15) is 13.8 Å². The first-order chi connectivity index (χ1) is 4.35. The Labute approximate surface area is 65.7 Å². The summed E-state index contributed by atoms with van der Waals surface area (Å²) in [6.45, 7) is 4.29. The molecule has 0 unspecified atom stereocenters. The molecule has 0 fully saturated rings. The van der Waals surface area contributed by atoms with Crippen LogP contribution in [-0.4, -0.2) is 22.9 Å². The van der Waals surface area contributed by atoms with Crippen LogP contribution in [0.15, 0.2) is 4.99 Å². The van der Waals surface area contributed by atoms with E-state index in [1.165, 1.54) is 4.38 Å². The number of rotatable bonds is 2. The molecule has 0 atom stereocenters. The van der Waals surface area contributed by atoms with Crippen LogP contribution >= 0.6 is 23.5 Å². The van der Waals surface area contributed by atoms with Crippen molar-refractivity contribution >= 4 is 27.9 Å². The van der Waals surface area contributed by atoms with Crippen LogP contribution in [0.4, 0.5) is 0 Å². The van der Waals surface area contributed by atoms with Gasteiger partial charge in [0, 0.05) is 7.05 Å². The summed E-state index contributed by atoms with van der Waals surface area (Å²) in [5.74, 6) is 2.25. The highest BCUT2D eigenvalue weighted by Crippen LogP contribution is 2.15. The molecule has 0 aromatic carbocycles. The number of aliphatic imine (C=N–C) groups is 1. The standard InChI is InChI=1S/C6H13NS2/c1-4-8-6(7-3)9-5-2/h4-5H2,1-3H3. The Kier molecular flexibility index (Phi) is 6.76. The fourth-order valence-electron chi connectivity index (χ4n) is 0.418. The molecule has 0 aliphatic heterocycles. The van der Waals surface area contributed by atoms with Crippen LogP contribution in [0.5, 0.6) is 0 Å². The minimum atomic E-state index is 1.12. The van der Waals surface area contributed by atoms with Gasteiger partial charge in [0.2, 0.25) is 0 Å².